The maximum atomic E-state index is 9.31. The van der Waals surface area contributed by atoms with Gasteiger partial charge in [-0.2, -0.15) is 0 Å². The van der Waals surface area contributed by atoms with Gasteiger partial charge in [-0.05, 0) is 6.42 Å². The number of aliphatic hydroxyl groups is 1. The monoisotopic (exact) mass is 200 g/mol. The van der Waals surface area contributed by atoms with Gasteiger partial charge in [-0.25, -0.2) is 0 Å². The number of ether oxygens (including phenoxy) is 2. The Kier molecular flexibility index (Phi) is 10.1. The highest BCUT2D eigenvalue weighted by atomic mass is 16.5. The second-order valence-electron chi connectivity index (χ2n) is 3.16. The summed E-state index contributed by atoms with van der Waals surface area (Å²) < 4.78 is 10.2. The van der Waals surface area contributed by atoms with Crippen LogP contribution >= 0.6 is 0 Å². The fourth-order valence-corrected chi connectivity index (χ4v) is 0.975. The van der Waals surface area contributed by atoms with Gasteiger partial charge < -0.3 is 14.6 Å². The normalized spacial score (nSPS) is 12.4. The van der Waals surface area contributed by atoms with Gasteiger partial charge in [0.25, 0.3) is 0 Å². The van der Waals surface area contributed by atoms with E-state index < -0.39 is 6.10 Å². The molecule has 3 nitrogen and oxygen atoms in total. The van der Waals surface area contributed by atoms with Crippen molar-refractivity contribution in [2.45, 2.75) is 32.3 Å². The first kappa shape index (κ1) is 13.4. The highest BCUT2D eigenvalue weighted by molar-refractivity contribution is 4.82. The van der Waals surface area contributed by atoms with Crippen molar-refractivity contribution < 1.29 is 14.6 Å². The van der Waals surface area contributed by atoms with Crippen LogP contribution in [0.5, 0.6) is 0 Å². The second kappa shape index (κ2) is 10.5. The van der Waals surface area contributed by atoms with Crippen LogP contribution in [0.4, 0.5) is 0 Å². The van der Waals surface area contributed by atoms with Gasteiger partial charge in [-0.1, -0.05) is 25.7 Å². The molecule has 0 aromatic heterocycles. The summed E-state index contributed by atoms with van der Waals surface area (Å²) in [5.41, 5.74) is 0. The molecule has 0 spiro atoms. The second-order valence-corrected chi connectivity index (χ2v) is 3.16. The molecule has 0 rings (SSSR count). The highest BCUT2D eigenvalue weighted by Gasteiger charge is 2.03. The third kappa shape index (κ3) is 9.53. The van der Waals surface area contributed by atoms with Crippen LogP contribution in [0.15, 0.2) is 0 Å². The molecule has 0 aromatic carbocycles. The Morgan fingerprint density at radius 3 is 2.64 bits per heavy atom. The van der Waals surface area contributed by atoms with Crippen LogP contribution in [0.1, 0.15) is 26.2 Å². The third-order valence-electron chi connectivity index (χ3n) is 1.70. The minimum Gasteiger partial charge on any atom is -0.388 e. The van der Waals surface area contributed by atoms with Crippen LogP contribution in [-0.4, -0.2) is 37.6 Å². The lowest BCUT2D eigenvalue weighted by atomic mass is 10.3. The van der Waals surface area contributed by atoms with Crippen molar-refractivity contribution in [3.05, 3.63) is 0 Å². The van der Waals surface area contributed by atoms with Gasteiger partial charge in [0.1, 0.15) is 12.7 Å². The number of unbranched alkanes of at least 4 members (excludes halogenated alkanes) is 2. The lowest BCUT2D eigenvalue weighted by Crippen LogP contribution is -2.22. The summed E-state index contributed by atoms with van der Waals surface area (Å²) in [6.45, 7) is 3.67. The van der Waals surface area contributed by atoms with Crippen molar-refractivity contribution in [3.8, 4) is 12.3 Å². The van der Waals surface area contributed by atoms with Crippen LogP contribution in [-0.2, 0) is 9.47 Å². The van der Waals surface area contributed by atoms with Gasteiger partial charge in [0, 0.05) is 6.61 Å². The quantitative estimate of drug-likeness (QED) is 0.449. The fourth-order valence-electron chi connectivity index (χ4n) is 0.975. The van der Waals surface area contributed by atoms with E-state index >= 15 is 0 Å². The average Bonchev–Trinajstić information content (AvgIpc) is 2.18. The summed E-state index contributed by atoms with van der Waals surface area (Å²) in [5.74, 6) is 2.33. The molecule has 14 heavy (non-hydrogen) atoms. The molecular formula is C11H20O3. The molecule has 1 unspecified atom stereocenters. The molecule has 0 heterocycles. The fraction of sp³-hybridized carbons (Fsp3) is 0.818. The Bertz CT molecular complexity index is 151. The van der Waals surface area contributed by atoms with E-state index in [4.69, 9.17) is 15.9 Å². The van der Waals surface area contributed by atoms with E-state index in [9.17, 15) is 5.11 Å². The van der Waals surface area contributed by atoms with Gasteiger partial charge in [0.05, 0.1) is 13.2 Å². The summed E-state index contributed by atoms with van der Waals surface area (Å²) in [7, 11) is 0. The molecule has 0 radical (unpaired) electrons. The van der Waals surface area contributed by atoms with Crippen LogP contribution in [0.25, 0.3) is 0 Å². The molecule has 0 aliphatic carbocycles. The largest absolute Gasteiger partial charge is 0.388 e. The number of hydrogen-bond donors (Lipinski definition) is 1. The first-order valence-corrected chi connectivity index (χ1v) is 5.08. The van der Waals surface area contributed by atoms with Crippen LogP contribution in [0.3, 0.4) is 0 Å². The molecule has 0 saturated carbocycles. The summed E-state index contributed by atoms with van der Waals surface area (Å²) in [5, 5.41) is 9.31. The van der Waals surface area contributed by atoms with Gasteiger partial charge in [0.15, 0.2) is 0 Å². The van der Waals surface area contributed by atoms with Crippen molar-refractivity contribution in [3.63, 3.8) is 0 Å². The van der Waals surface area contributed by atoms with Crippen LogP contribution in [0, 0.1) is 12.3 Å². The van der Waals surface area contributed by atoms with Crippen molar-refractivity contribution in [1.82, 2.24) is 0 Å². The summed E-state index contributed by atoms with van der Waals surface area (Å²) in [4.78, 5) is 0. The van der Waals surface area contributed by atoms with Crippen molar-refractivity contribution >= 4 is 0 Å². The van der Waals surface area contributed by atoms with E-state index in [-0.39, 0.29) is 13.2 Å². The number of terminal acetylenes is 1. The van der Waals surface area contributed by atoms with E-state index in [0.717, 1.165) is 6.42 Å². The molecule has 82 valence electrons. The van der Waals surface area contributed by atoms with Gasteiger partial charge >= 0.3 is 0 Å². The average molecular weight is 200 g/mol. The molecule has 0 amide bonds. The highest BCUT2D eigenvalue weighted by Crippen LogP contribution is 1.95. The zero-order valence-corrected chi connectivity index (χ0v) is 8.87. The predicted molar refractivity (Wildman–Crippen MR) is 56.0 cm³/mol. The maximum Gasteiger partial charge on any atom is 0.107 e. The van der Waals surface area contributed by atoms with Crippen molar-refractivity contribution in [2.24, 2.45) is 0 Å². The van der Waals surface area contributed by atoms with E-state index in [1.807, 2.05) is 0 Å². The molecule has 0 aromatic rings. The van der Waals surface area contributed by atoms with Gasteiger partial charge in [0.2, 0.25) is 0 Å². The van der Waals surface area contributed by atoms with Gasteiger partial charge in [-0.3, -0.25) is 0 Å². The van der Waals surface area contributed by atoms with Crippen LogP contribution in [0.2, 0.25) is 0 Å². The lowest BCUT2D eigenvalue weighted by molar-refractivity contribution is -0.0127. The Morgan fingerprint density at radius 2 is 2.00 bits per heavy atom. The number of hydrogen-bond acceptors (Lipinski definition) is 3. The number of rotatable bonds is 9. The zero-order chi connectivity index (χ0) is 10.6. The van der Waals surface area contributed by atoms with Crippen molar-refractivity contribution in [1.29, 1.82) is 0 Å². The van der Waals surface area contributed by atoms with Crippen LogP contribution < -0.4 is 0 Å². The molecule has 3 heteroatoms. The van der Waals surface area contributed by atoms with E-state index in [1.165, 1.54) is 12.8 Å². The maximum absolute atomic E-state index is 9.31. The smallest absolute Gasteiger partial charge is 0.107 e. The SMILES string of the molecule is C#CCOCC(O)COCCCCC. The van der Waals surface area contributed by atoms with E-state index in [2.05, 4.69) is 12.8 Å². The Morgan fingerprint density at radius 1 is 1.29 bits per heavy atom. The zero-order valence-electron chi connectivity index (χ0n) is 8.87. The molecule has 0 saturated heterocycles. The Labute approximate surface area is 86.4 Å². The molecule has 0 bridgehead atoms. The topological polar surface area (TPSA) is 38.7 Å². The minimum absolute atomic E-state index is 0.243. The predicted octanol–water partition coefficient (Wildman–Crippen LogP) is 1.20. The molecule has 0 aliphatic heterocycles. The number of aliphatic hydroxyl groups excluding tert-OH is 1. The molecule has 1 atom stereocenters. The van der Waals surface area contributed by atoms with E-state index in [1.54, 1.807) is 0 Å². The van der Waals surface area contributed by atoms with Crippen molar-refractivity contribution in [2.75, 3.05) is 26.4 Å². The van der Waals surface area contributed by atoms with Gasteiger partial charge in [-0.15, -0.1) is 6.42 Å². The standard InChI is InChI=1S/C11H20O3/c1-3-5-6-8-14-10-11(12)9-13-7-4-2/h2,11-12H,3,5-10H2,1H3. The first-order valence-electron chi connectivity index (χ1n) is 5.08. The molecule has 1 N–H and O–H groups in total. The Balaban J connectivity index is 3.10. The van der Waals surface area contributed by atoms with E-state index in [0.29, 0.717) is 13.2 Å². The minimum atomic E-state index is -0.565. The third-order valence-corrected chi connectivity index (χ3v) is 1.70. The first-order chi connectivity index (χ1) is 6.81. The summed E-state index contributed by atoms with van der Waals surface area (Å²) >= 11 is 0. The molecule has 0 aliphatic rings. The lowest BCUT2D eigenvalue weighted by Gasteiger charge is -2.10. The summed E-state index contributed by atoms with van der Waals surface area (Å²) in [6, 6.07) is 0. The molecule has 0 fully saturated rings. The molecular weight excluding hydrogens is 180 g/mol. The summed E-state index contributed by atoms with van der Waals surface area (Å²) in [6.07, 6.45) is 7.82. The Hall–Kier alpha value is -0.560.